The first-order valence-corrected chi connectivity index (χ1v) is 7.58. The van der Waals surface area contributed by atoms with Crippen molar-refractivity contribution in [3.63, 3.8) is 0 Å². The van der Waals surface area contributed by atoms with E-state index in [2.05, 4.69) is 0 Å². The summed E-state index contributed by atoms with van der Waals surface area (Å²) in [5, 5.41) is 9.73. The number of benzene rings is 1. The van der Waals surface area contributed by atoms with Gasteiger partial charge in [-0.25, -0.2) is 4.79 Å². The summed E-state index contributed by atoms with van der Waals surface area (Å²) in [4.78, 5) is 24.2. The first kappa shape index (κ1) is 15.3. The number of thioether (sulfide) groups is 1. The molecule has 1 atom stereocenters. The van der Waals surface area contributed by atoms with Gasteiger partial charge < -0.3 is 14.7 Å². The van der Waals surface area contributed by atoms with Crippen LogP contribution in [0.2, 0.25) is 10.0 Å². The Morgan fingerprint density at radius 1 is 1.40 bits per heavy atom. The Morgan fingerprint density at radius 2 is 2.15 bits per heavy atom. The summed E-state index contributed by atoms with van der Waals surface area (Å²) >= 11 is 13.0. The molecule has 1 aliphatic heterocycles. The second-order valence-corrected chi connectivity index (χ2v) is 5.90. The number of amides is 1. The minimum Gasteiger partial charge on any atom is -0.484 e. The highest BCUT2D eigenvalue weighted by Gasteiger charge is 2.34. The lowest BCUT2D eigenvalue weighted by atomic mass is 10.3. The number of hydrogen-bond acceptors (Lipinski definition) is 4. The highest BCUT2D eigenvalue weighted by Crippen LogP contribution is 2.26. The summed E-state index contributed by atoms with van der Waals surface area (Å²) in [6.07, 6.45) is 0. The molecule has 0 saturated carbocycles. The molecule has 1 amide bonds. The minimum atomic E-state index is -1.00. The number of hydrogen-bond donors (Lipinski definition) is 1. The molecule has 0 aliphatic carbocycles. The first-order chi connectivity index (χ1) is 9.49. The molecule has 1 aliphatic rings. The van der Waals surface area contributed by atoms with Crippen LogP contribution in [-0.2, 0) is 9.59 Å². The van der Waals surface area contributed by atoms with Gasteiger partial charge in [0.2, 0.25) is 0 Å². The molecule has 20 heavy (non-hydrogen) atoms. The van der Waals surface area contributed by atoms with Gasteiger partial charge in [-0.1, -0.05) is 23.2 Å². The van der Waals surface area contributed by atoms with E-state index in [0.717, 1.165) is 0 Å². The molecule has 2 rings (SSSR count). The second kappa shape index (κ2) is 6.56. The Hall–Kier alpha value is -1.11. The smallest absolute Gasteiger partial charge is 0.327 e. The molecule has 108 valence electrons. The standard InChI is InChI=1S/C12H11Cl2NO4S/c13-8-2-1-7(3-9(8)14)19-4-11(16)15-6-20-5-10(15)12(17)18/h1-3,10H,4-6H2,(H,17,18)/t10-/m0/s1. The second-order valence-electron chi connectivity index (χ2n) is 4.08. The van der Waals surface area contributed by atoms with E-state index < -0.39 is 12.0 Å². The highest BCUT2D eigenvalue weighted by molar-refractivity contribution is 7.99. The van der Waals surface area contributed by atoms with Gasteiger partial charge in [-0.05, 0) is 12.1 Å². The van der Waals surface area contributed by atoms with Crippen molar-refractivity contribution in [2.45, 2.75) is 6.04 Å². The Morgan fingerprint density at radius 3 is 2.80 bits per heavy atom. The van der Waals surface area contributed by atoms with Gasteiger partial charge in [-0.3, -0.25) is 4.79 Å². The lowest BCUT2D eigenvalue weighted by molar-refractivity contribution is -0.148. The van der Waals surface area contributed by atoms with E-state index in [4.69, 9.17) is 33.0 Å². The van der Waals surface area contributed by atoms with E-state index in [1.807, 2.05) is 0 Å². The largest absolute Gasteiger partial charge is 0.484 e. The lowest BCUT2D eigenvalue weighted by Gasteiger charge is -2.20. The summed E-state index contributed by atoms with van der Waals surface area (Å²) in [5.41, 5.74) is 0. The molecule has 1 saturated heterocycles. The van der Waals surface area contributed by atoms with Gasteiger partial charge in [0.1, 0.15) is 11.8 Å². The highest BCUT2D eigenvalue weighted by atomic mass is 35.5. The molecule has 5 nitrogen and oxygen atoms in total. The van der Waals surface area contributed by atoms with Crippen molar-refractivity contribution >= 4 is 46.8 Å². The molecule has 1 N–H and O–H groups in total. The molecule has 0 aromatic heterocycles. The van der Waals surface area contributed by atoms with Crippen molar-refractivity contribution in [3.8, 4) is 5.75 Å². The van der Waals surface area contributed by atoms with E-state index in [9.17, 15) is 9.59 Å². The lowest BCUT2D eigenvalue weighted by Crippen LogP contribution is -2.43. The summed E-state index contributed by atoms with van der Waals surface area (Å²) in [6, 6.07) is 3.87. The first-order valence-electron chi connectivity index (χ1n) is 5.67. The van der Waals surface area contributed by atoms with Gasteiger partial charge in [0.25, 0.3) is 5.91 Å². The number of carbonyl (C=O) groups excluding carboxylic acids is 1. The van der Waals surface area contributed by atoms with Crippen molar-refractivity contribution in [1.82, 2.24) is 4.90 Å². The van der Waals surface area contributed by atoms with Crippen molar-refractivity contribution in [3.05, 3.63) is 28.2 Å². The molecule has 1 aromatic rings. The van der Waals surface area contributed by atoms with Gasteiger partial charge in [0.05, 0.1) is 15.9 Å². The maximum atomic E-state index is 12.0. The fraction of sp³-hybridized carbons (Fsp3) is 0.333. The Balaban J connectivity index is 1.94. The third-order valence-electron chi connectivity index (χ3n) is 2.74. The monoisotopic (exact) mass is 335 g/mol. The van der Waals surface area contributed by atoms with E-state index >= 15 is 0 Å². The number of nitrogens with zero attached hydrogens (tertiary/aromatic N) is 1. The van der Waals surface area contributed by atoms with Crippen LogP contribution in [0.15, 0.2) is 18.2 Å². The Kier molecular flexibility index (Phi) is 5.01. The predicted molar refractivity (Wildman–Crippen MR) is 77.6 cm³/mol. The fourth-order valence-corrected chi connectivity index (χ4v) is 3.15. The van der Waals surface area contributed by atoms with Gasteiger partial charge >= 0.3 is 5.97 Å². The van der Waals surface area contributed by atoms with Crippen LogP contribution in [0.25, 0.3) is 0 Å². The number of carbonyl (C=O) groups is 2. The van der Waals surface area contributed by atoms with Crippen LogP contribution in [-0.4, -0.2) is 46.2 Å². The zero-order valence-corrected chi connectivity index (χ0v) is 12.5. The normalized spacial score (nSPS) is 18.1. The molecular weight excluding hydrogens is 325 g/mol. The van der Waals surface area contributed by atoms with Crippen LogP contribution in [0.1, 0.15) is 0 Å². The SMILES string of the molecule is O=C(O)[C@@H]1CSCN1C(=O)COc1ccc(Cl)c(Cl)c1. The number of aliphatic carboxylic acids is 1. The number of ether oxygens (including phenoxy) is 1. The van der Waals surface area contributed by atoms with Crippen LogP contribution in [0, 0.1) is 0 Å². The molecule has 8 heteroatoms. The number of carboxylic acids is 1. The average molecular weight is 336 g/mol. The molecule has 0 spiro atoms. The van der Waals surface area contributed by atoms with Crippen LogP contribution >= 0.6 is 35.0 Å². The Bertz CT molecular complexity index is 540. The maximum absolute atomic E-state index is 12.0. The van der Waals surface area contributed by atoms with Crippen molar-refractivity contribution in [2.24, 2.45) is 0 Å². The van der Waals surface area contributed by atoms with Gasteiger partial charge in [0.15, 0.2) is 6.61 Å². The quantitative estimate of drug-likeness (QED) is 0.914. The third kappa shape index (κ3) is 3.50. The molecule has 0 bridgehead atoms. The van der Waals surface area contributed by atoms with Crippen molar-refractivity contribution in [1.29, 1.82) is 0 Å². The van der Waals surface area contributed by atoms with Crippen molar-refractivity contribution in [2.75, 3.05) is 18.2 Å². The van der Waals surface area contributed by atoms with Crippen LogP contribution in [0.4, 0.5) is 0 Å². The number of rotatable bonds is 4. The van der Waals surface area contributed by atoms with Gasteiger partial charge in [0, 0.05) is 11.8 Å². The third-order valence-corrected chi connectivity index (χ3v) is 4.49. The van der Waals surface area contributed by atoms with Crippen LogP contribution in [0.3, 0.4) is 0 Å². The van der Waals surface area contributed by atoms with E-state index in [1.54, 1.807) is 12.1 Å². The fourth-order valence-electron chi connectivity index (χ4n) is 1.69. The summed E-state index contributed by atoms with van der Waals surface area (Å²) < 4.78 is 5.31. The summed E-state index contributed by atoms with van der Waals surface area (Å²) in [5.74, 6) is -0.202. The average Bonchev–Trinajstić information content (AvgIpc) is 2.89. The summed E-state index contributed by atoms with van der Waals surface area (Å²) in [7, 11) is 0. The molecule has 1 aromatic carbocycles. The van der Waals surface area contributed by atoms with E-state index in [-0.39, 0.29) is 12.5 Å². The van der Waals surface area contributed by atoms with Crippen LogP contribution in [0.5, 0.6) is 5.75 Å². The molecular formula is C12H11Cl2NO4S. The predicted octanol–water partition coefficient (Wildman–Crippen LogP) is 2.36. The van der Waals surface area contributed by atoms with E-state index in [0.29, 0.717) is 27.4 Å². The summed E-state index contributed by atoms with van der Waals surface area (Å²) in [6.45, 7) is -0.234. The van der Waals surface area contributed by atoms with Gasteiger partial charge in [-0.2, -0.15) is 0 Å². The molecule has 1 heterocycles. The van der Waals surface area contributed by atoms with Crippen molar-refractivity contribution < 1.29 is 19.4 Å². The zero-order chi connectivity index (χ0) is 14.7. The molecule has 0 unspecified atom stereocenters. The maximum Gasteiger partial charge on any atom is 0.327 e. The van der Waals surface area contributed by atoms with Gasteiger partial charge in [-0.15, -0.1) is 11.8 Å². The topological polar surface area (TPSA) is 66.8 Å². The van der Waals surface area contributed by atoms with Crippen LogP contribution < -0.4 is 4.74 Å². The molecule has 1 fully saturated rings. The Labute approximate surface area is 129 Å². The van der Waals surface area contributed by atoms with E-state index in [1.165, 1.54) is 22.7 Å². The number of carboxylic acid groups (broad SMARTS) is 1. The number of halogens is 2. The molecule has 0 radical (unpaired) electrons. The minimum absolute atomic E-state index is 0.234. The zero-order valence-electron chi connectivity index (χ0n) is 10.2.